The van der Waals surface area contributed by atoms with Gasteiger partial charge < -0.3 is 20.3 Å². The zero-order chi connectivity index (χ0) is 19.7. The van der Waals surface area contributed by atoms with Crippen molar-refractivity contribution in [1.29, 1.82) is 0 Å². The maximum atomic E-state index is 13.1. The van der Waals surface area contributed by atoms with Crippen LogP contribution in [0.3, 0.4) is 0 Å². The van der Waals surface area contributed by atoms with E-state index in [2.05, 4.69) is 10.6 Å². The van der Waals surface area contributed by atoms with Gasteiger partial charge >= 0.3 is 6.03 Å². The van der Waals surface area contributed by atoms with Gasteiger partial charge in [0.15, 0.2) is 0 Å². The second kappa shape index (κ2) is 7.50. The molecule has 2 aliphatic rings. The molecular formula is C21H22FN3O3. The number of benzene rings is 2. The van der Waals surface area contributed by atoms with Crippen LogP contribution in [-0.4, -0.2) is 36.5 Å². The molecule has 1 atom stereocenters. The van der Waals surface area contributed by atoms with Gasteiger partial charge in [-0.2, -0.15) is 0 Å². The number of rotatable bonds is 5. The monoisotopic (exact) mass is 383 g/mol. The van der Waals surface area contributed by atoms with Crippen LogP contribution < -0.4 is 15.4 Å². The summed E-state index contributed by atoms with van der Waals surface area (Å²) in [5.41, 5.74) is 1.81. The molecule has 2 fully saturated rings. The molecule has 6 nitrogen and oxygen atoms in total. The molecule has 146 valence electrons. The first-order valence-electron chi connectivity index (χ1n) is 9.37. The fourth-order valence-electron chi connectivity index (χ4n) is 3.29. The Balaban J connectivity index is 1.48. The molecule has 0 spiro atoms. The van der Waals surface area contributed by atoms with E-state index in [4.69, 9.17) is 4.74 Å². The van der Waals surface area contributed by atoms with Gasteiger partial charge in [-0.15, -0.1) is 0 Å². The molecule has 0 aromatic heterocycles. The Kier molecular flexibility index (Phi) is 4.90. The zero-order valence-electron chi connectivity index (χ0n) is 15.6. The lowest BCUT2D eigenvalue weighted by Gasteiger charge is -2.41. The molecule has 28 heavy (non-hydrogen) atoms. The number of urea groups is 1. The predicted molar refractivity (Wildman–Crippen MR) is 103 cm³/mol. The number of methoxy groups -OCH3 is 1. The van der Waals surface area contributed by atoms with Gasteiger partial charge in [0.25, 0.3) is 5.91 Å². The highest BCUT2D eigenvalue weighted by Gasteiger charge is 2.34. The first kappa shape index (κ1) is 18.3. The minimum Gasteiger partial charge on any atom is -0.495 e. The van der Waals surface area contributed by atoms with Gasteiger partial charge in [0, 0.05) is 18.2 Å². The molecule has 4 rings (SSSR count). The molecule has 7 heteroatoms. The number of nitrogens with zero attached hydrogens (tertiary/aromatic N) is 1. The molecule has 1 aliphatic carbocycles. The van der Waals surface area contributed by atoms with E-state index >= 15 is 0 Å². The average molecular weight is 383 g/mol. The molecule has 2 aromatic carbocycles. The van der Waals surface area contributed by atoms with Gasteiger partial charge in [-0.1, -0.05) is 12.1 Å². The highest BCUT2D eigenvalue weighted by molar-refractivity contribution is 5.98. The lowest BCUT2D eigenvalue weighted by Crippen LogP contribution is -2.47. The van der Waals surface area contributed by atoms with E-state index in [0.29, 0.717) is 23.5 Å². The molecule has 1 heterocycles. The minimum atomic E-state index is -0.301. The topological polar surface area (TPSA) is 70.7 Å². The second-order valence-electron chi connectivity index (χ2n) is 7.14. The first-order chi connectivity index (χ1) is 13.5. The van der Waals surface area contributed by atoms with Crippen LogP contribution in [0.1, 0.15) is 41.2 Å². The lowest BCUT2D eigenvalue weighted by atomic mass is 9.95. The summed E-state index contributed by atoms with van der Waals surface area (Å²) in [4.78, 5) is 26.7. The Morgan fingerprint density at radius 2 is 1.86 bits per heavy atom. The Hall–Kier alpha value is -3.09. The second-order valence-corrected chi connectivity index (χ2v) is 7.14. The quantitative estimate of drug-likeness (QED) is 0.827. The van der Waals surface area contributed by atoms with Crippen LogP contribution in [0.25, 0.3) is 0 Å². The van der Waals surface area contributed by atoms with Crippen molar-refractivity contribution in [3.8, 4) is 5.75 Å². The summed E-state index contributed by atoms with van der Waals surface area (Å²) in [5, 5.41) is 5.78. The fraction of sp³-hybridized carbons (Fsp3) is 0.333. The van der Waals surface area contributed by atoms with Crippen LogP contribution >= 0.6 is 0 Å². The van der Waals surface area contributed by atoms with Gasteiger partial charge in [-0.05, 0) is 55.2 Å². The van der Waals surface area contributed by atoms with Crippen molar-refractivity contribution in [3.63, 3.8) is 0 Å². The number of anilines is 1. The zero-order valence-corrected chi connectivity index (χ0v) is 15.6. The van der Waals surface area contributed by atoms with E-state index in [9.17, 15) is 14.0 Å². The number of hydrogen-bond donors (Lipinski definition) is 2. The van der Waals surface area contributed by atoms with E-state index in [0.717, 1.165) is 24.8 Å². The van der Waals surface area contributed by atoms with Crippen molar-refractivity contribution in [3.05, 3.63) is 59.4 Å². The molecule has 1 saturated heterocycles. The lowest BCUT2D eigenvalue weighted by molar-refractivity contribution is 0.0951. The normalized spacial score (nSPS) is 18.2. The largest absolute Gasteiger partial charge is 0.495 e. The maximum absolute atomic E-state index is 13.1. The Morgan fingerprint density at radius 1 is 1.11 bits per heavy atom. The van der Waals surface area contributed by atoms with Gasteiger partial charge in [0.2, 0.25) is 0 Å². The van der Waals surface area contributed by atoms with Gasteiger partial charge in [-0.25, -0.2) is 9.18 Å². The molecule has 1 aliphatic heterocycles. The van der Waals surface area contributed by atoms with Crippen LogP contribution in [0.5, 0.6) is 5.75 Å². The van der Waals surface area contributed by atoms with Crippen molar-refractivity contribution in [1.82, 2.24) is 10.2 Å². The molecule has 1 saturated carbocycles. The molecule has 0 unspecified atom stereocenters. The highest BCUT2D eigenvalue weighted by Crippen LogP contribution is 2.35. The van der Waals surface area contributed by atoms with E-state index in [1.54, 1.807) is 35.2 Å². The van der Waals surface area contributed by atoms with Crippen molar-refractivity contribution < 1.29 is 18.7 Å². The summed E-state index contributed by atoms with van der Waals surface area (Å²) in [6.07, 6.45) is 2.83. The third-order valence-electron chi connectivity index (χ3n) is 5.15. The Bertz CT molecular complexity index is 896. The molecular weight excluding hydrogens is 361 g/mol. The van der Waals surface area contributed by atoms with Crippen LogP contribution in [0.4, 0.5) is 14.9 Å². The van der Waals surface area contributed by atoms with Crippen molar-refractivity contribution in [2.24, 2.45) is 0 Å². The minimum absolute atomic E-state index is 0.0899. The fourth-order valence-corrected chi connectivity index (χ4v) is 3.29. The molecule has 0 radical (unpaired) electrons. The van der Waals surface area contributed by atoms with E-state index in [-0.39, 0.29) is 29.8 Å². The van der Waals surface area contributed by atoms with Crippen LogP contribution in [-0.2, 0) is 0 Å². The summed E-state index contributed by atoms with van der Waals surface area (Å²) in [6.45, 7) is 0.609. The molecule has 2 aromatic rings. The highest BCUT2D eigenvalue weighted by atomic mass is 19.1. The smallest absolute Gasteiger partial charge is 0.322 e. The summed E-state index contributed by atoms with van der Waals surface area (Å²) in [7, 11) is 1.51. The maximum Gasteiger partial charge on any atom is 0.322 e. The number of halogens is 1. The number of hydrogen-bond acceptors (Lipinski definition) is 3. The SMILES string of the molecule is COc1ccc(C(=O)NC2CC2)cc1NC(=O)N1CC[C@@H]1c1ccc(F)cc1. The van der Waals surface area contributed by atoms with Crippen molar-refractivity contribution >= 4 is 17.6 Å². The molecule has 2 N–H and O–H groups in total. The third kappa shape index (κ3) is 3.78. The van der Waals surface area contributed by atoms with E-state index in [1.807, 2.05) is 0 Å². The summed E-state index contributed by atoms with van der Waals surface area (Å²) in [6, 6.07) is 11.1. The van der Waals surface area contributed by atoms with Crippen LogP contribution in [0.15, 0.2) is 42.5 Å². The summed E-state index contributed by atoms with van der Waals surface area (Å²) in [5.74, 6) is 0.0223. The number of ether oxygens (including phenoxy) is 1. The van der Waals surface area contributed by atoms with Crippen molar-refractivity contribution in [2.45, 2.75) is 31.3 Å². The number of nitrogens with one attached hydrogen (secondary N) is 2. The third-order valence-corrected chi connectivity index (χ3v) is 5.15. The van der Waals surface area contributed by atoms with Crippen LogP contribution in [0, 0.1) is 5.82 Å². The summed E-state index contributed by atoms with van der Waals surface area (Å²) >= 11 is 0. The predicted octanol–water partition coefficient (Wildman–Crippen LogP) is 3.71. The van der Waals surface area contributed by atoms with Gasteiger partial charge in [0.1, 0.15) is 11.6 Å². The standard InChI is InChI=1S/C21H22FN3O3/c1-28-19-9-4-14(20(26)23-16-7-8-16)12-17(19)24-21(27)25-11-10-18(25)13-2-5-15(22)6-3-13/h2-6,9,12,16,18H,7-8,10-11H2,1H3,(H,23,26)(H,24,27)/t18-/m1/s1. The molecule has 0 bridgehead atoms. The number of amides is 3. The summed E-state index contributed by atoms with van der Waals surface area (Å²) < 4.78 is 18.5. The van der Waals surface area contributed by atoms with E-state index < -0.39 is 0 Å². The molecule has 3 amide bonds. The Labute approximate surface area is 162 Å². The van der Waals surface area contributed by atoms with Crippen molar-refractivity contribution in [2.75, 3.05) is 19.0 Å². The Morgan fingerprint density at radius 3 is 2.46 bits per heavy atom. The number of likely N-dealkylation sites (tertiary alicyclic amines) is 1. The first-order valence-corrected chi connectivity index (χ1v) is 9.37. The van der Waals surface area contributed by atoms with Crippen LogP contribution in [0.2, 0.25) is 0 Å². The van der Waals surface area contributed by atoms with Gasteiger partial charge in [0.05, 0.1) is 18.8 Å². The average Bonchev–Trinajstić information content (AvgIpc) is 3.46. The number of carbonyl (C=O) groups excluding carboxylic acids is 2. The number of carbonyl (C=O) groups is 2. The van der Waals surface area contributed by atoms with Gasteiger partial charge in [-0.3, -0.25) is 4.79 Å². The van der Waals surface area contributed by atoms with E-state index in [1.165, 1.54) is 19.2 Å².